The van der Waals surface area contributed by atoms with Crippen LogP contribution in [-0.2, 0) is 9.53 Å². The molecule has 19 heavy (non-hydrogen) atoms. The van der Waals surface area contributed by atoms with Gasteiger partial charge in [0, 0.05) is 5.25 Å². The van der Waals surface area contributed by atoms with E-state index in [1.54, 1.807) is 0 Å². The lowest BCUT2D eigenvalue weighted by molar-refractivity contribution is -0.162. The van der Waals surface area contributed by atoms with Crippen molar-refractivity contribution in [2.45, 2.75) is 64.5 Å². The zero-order valence-corrected chi connectivity index (χ0v) is 13.4. The van der Waals surface area contributed by atoms with Crippen LogP contribution in [0.5, 0.6) is 0 Å². The third-order valence-electron chi connectivity index (χ3n) is 5.06. The molecule has 0 saturated heterocycles. The van der Waals surface area contributed by atoms with E-state index in [-0.39, 0.29) is 16.6 Å². The quantitative estimate of drug-likeness (QED) is 0.621. The molecule has 0 spiro atoms. The fourth-order valence-electron chi connectivity index (χ4n) is 4.37. The van der Waals surface area contributed by atoms with Crippen LogP contribution in [0.3, 0.4) is 0 Å². The van der Waals surface area contributed by atoms with Gasteiger partial charge in [0.15, 0.2) is 0 Å². The van der Waals surface area contributed by atoms with Crippen molar-refractivity contribution in [3.63, 3.8) is 0 Å². The van der Waals surface area contributed by atoms with Gasteiger partial charge in [-0.2, -0.15) is 12.6 Å². The number of ether oxygens (including phenoxy) is 1. The molecule has 2 unspecified atom stereocenters. The van der Waals surface area contributed by atoms with Gasteiger partial charge in [0.25, 0.3) is 0 Å². The molecule has 3 atom stereocenters. The van der Waals surface area contributed by atoms with Gasteiger partial charge in [-0.25, -0.2) is 0 Å². The van der Waals surface area contributed by atoms with Gasteiger partial charge in [0.1, 0.15) is 6.61 Å². The van der Waals surface area contributed by atoms with Crippen molar-refractivity contribution in [2.75, 3.05) is 6.61 Å². The van der Waals surface area contributed by atoms with Crippen molar-refractivity contribution in [3.8, 4) is 0 Å². The van der Waals surface area contributed by atoms with Crippen molar-refractivity contribution >= 4 is 18.6 Å². The molecule has 2 rings (SSSR count). The van der Waals surface area contributed by atoms with Crippen molar-refractivity contribution in [3.05, 3.63) is 0 Å². The first-order valence-corrected chi connectivity index (χ1v) is 8.32. The molecule has 0 N–H and O–H groups in total. The maximum absolute atomic E-state index is 12.5. The maximum atomic E-state index is 12.5. The molecule has 0 aliphatic heterocycles. The smallest absolute Gasteiger partial charge is 0.312 e. The number of esters is 1. The van der Waals surface area contributed by atoms with Gasteiger partial charge < -0.3 is 4.74 Å². The van der Waals surface area contributed by atoms with Gasteiger partial charge in [-0.1, -0.05) is 20.8 Å². The summed E-state index contributed by atoms with van der Waals surface area (Å²) in [5.41, 5.74) is -0.198. The summed E-state index contributed by atoms with van der Waals surface area (Å²) in [6, 6.07) is 0. The van der Waals surface area contributed by atoms with E-state index in [2.05, 4.69) is 26.5 Å². The second-order valence-corrected chi connectivity index (χ2v) is 7.92. The number of fused-ring (bicyclic) bond motifs is 2. The number of carbonyl (C=O) groups is 1. The molecule has 0 aromatic rings. The minimum atomic E-state index is -0.198. The summed E-state index contributed by atoms with van der Waals surface area (Å²) >= 11 is 4.29. The first-order chi connectivity index (χ1) is 8.95. The van der Waals surface area contributed by atoms with Gasteiger partial charge in [-0.05, 0) is 56.3 Å². The molecule has 0 heterocycles. The molecule has 2 aliphatic carbocycles. The molecule has 0 aromatic carbocycles. The molecule has 2 saturated carbocycles. The van der Waals surface area contributed by atoms with Crippen LogP contribution in [-0.4, -0.2) is 17.8 Å². The largest absolute Gasteiger partial charge is 0.464 e. The van der Waals surface area contributed by atoms with E-state index < -0.39 is 0 Å². The van der Waals surface area contributed by atoms with Gasteiger partial charge in [0.05, 0.1) is 5.41 Å². The summed E-state index contributed by atoms with van der Waals surface area (Å²) in [6.07, 6.45) is 6.95. The molecule has 2 nitrogen and oxygen atoms in total. The third-order valence-corrected chi connectivity index (χ3v) is 5.21. The number of rotatable bonds is 4. The SMILES string of the molecule is CCC1(C(=O)OC[C@@H](C)S)CC2CC(C)CC(C2)C1. The highest BCUT2D eigenvalue weighted by molar-refractivity contribution is 7.80. The Kier molecular flexibility index (Phi) is 4.86. The average molecular weight is 284 g/mol. The van der Waals surface area contributed by atoms with E-state index >= 15 is 0 Å². The summed E-state index contributed by atoms with van der Waals surface area (Å²) in [6.45, 7) is 6.91. The van der Waals surface area contributed by atoms with Crippen LogP contribution in [0.15, 0.2) is 0 Å². The molecule has 2 bridgehead atoms. The summed E-state index contributed by atoms with van der Waals surface area (Å²) in [5, 5.41) is 0.126. The molecular formula is C16H28O2S. The Hall–Kier alpha value is -0.180. The van der Waals surface area contributed by atoms with Crippen LogP contribution in [0, 0.1) is 23.2 Å². The molecule has 110 valence electrons. The summed E-state index contributed by atoms with van der Waals surface area (Å²) in [7, 11) is 0. The van der Waals surface area contributed by atoms with Crippen molar-refractivity contribution in [1.82, 2.24) is 0 Å². The monoisotopic (exact) mass is 284 g/mol. The van der Waals surface area contributed by atoms with E-state index in [1.807, 2.05) is 6.92 Å². The van der Waals surface area contributed by atoms with Crippen molar-refractivity contribution in [2.24, 2.45) is 23.2 Å². The van der Waals surface area contributed by atoms with E-state index in [1.165, 1.54) is 19.3 Å². The molecule has 2 fully saturated rings. The zero-order valence-electron chi connectivity index (χ0n) is 12.5. The molecule has 0 amide bonds. The minimum Gasteiger partial charge on any atom is -0.464 e. The average Bonchev–Trinajstić information content (AvgIpc) is 2.34. The number of carbonyl (C=O) groups excluding carboxylic acids is 1. The minimum absolute atomic E-state index is 0.0418. The predicted molar refractivity (Wildman–Crippen MR) is 81.4 cm³/mol. The summed E-state index contributed by atoms with van der Waals surface area (Å²) < 4.78 is 5.51. The van der Waals surface area contributed by atoms with Crippen LogP contribution >= 0.6 is 12.6 Å². The molecular weight excluding hydrogens is 256 g/mol. The predicted octanol–water partition coefficient (Wildman–Crippen LogP) is 4.09. The van der Waals surface area contributed by atoms with E-state index in [4.69, 9.17) is 4.74 Å². The van der Waals surface area contributed by atoms with Crippen molar-refractivity contribution in [1.29, 1.82) is 0 Å². The lowest BCUT2D eigenvalue weighted by atomic mass is 9.58. The fraction of sp³-hybridized carbons (Fsp3) is 0.938. The van der Waals surface area contributed by atoms with Gasteiger partial charge >= 0.3 is 5.97 Å². The molecule has 2 aliphatic rings. The standard InChI is InChI=1S/C16H28O2S/c1-4-16(15(17)18-10-12(3)19)8-13-5-11(2)6-14(7-13)9-16/h11-14,19H,4-10H2,1-3H3/t11?,12-,13?,14?,16?/m1/s1. The van der Waals surface area contributed by atoms with E-state index in [0.29, 0.717) is 6.61 Å². The Morgan fingerprint density at radius 3 is 2.37 bits per heavy atom. The number of thiol groups is 1. The number of hydrogen-bond donors (Lipinski definition) is 1. The Labute approximate surface area is 123 Å². The molecule has 0 aromatic heterocycles. The molecule has 3 heteroatoms. The van der Waals surface area contributed by atoms with Crippen molar-refractivity contribution < 1.29 is 9.53 Å². The Morgan fingerprint density at radius 2 is 1.89 bits per heavy atom. The highest BCUT2D eigenvalue weighted by Crippen LogP contribution is 2.52. The van der Waals surface area contributed by atoms with Crippen LogP contribution in [0.1, 0.15) is 59.3 Å². The summed E-state index contributed by atoms with van der Waals surface area (Å²) in [5.74, 6) is 2.36. The lowest BCUT2D eigenvalue weighted by Crippen LogP contribution is -2.43. The zero-order chi connectivity index (χ0) is 14.0. The topological polar surface area (TPSA) is 26.3 Å². The Morgan fingerprint density at radius 1 is 1.32 bits per heavy atom. The van der Waals surface area contributed by atoms with Gasteiger partial charge in [0.2, 0.25) is 0 Å². The second kappa shape index (κ2) is 6.07. The molecule has 0 radical (unpaired) electrons. The van der Waals surface area contributed by atoms with Crippen LogP contribution in [0.2, 0.25) is 0 Å². The highest BCUT2D eigenvalue weighted by atomic mass is 32.1. The first-order valence-electron chi connectivity index (χ1n) is 7.80. The third kappa shape index (κ3) is 3.48. The van der Waals surface area contributed by atoms with Gasteiger partial charge in [-0.15, -0.1) is 0 Å². The van der Waals surface area contributed by atoms with E-state index in [0.717, 1.165) is 37.0 Å². The first kappa shape index (κ1) is 15.2. The Bertz CT molecular complexity index is 309. The normalized spacial score (nSPS) is 39.7. The van der Waals surface area contributed by atoms with E-state index in [9.17, 15) is 4.79 Å². The second-order valence-electron chi connectivity index (χ2n) is 7.03. The maximum Gasteiger partial charge on any atom is 0.312 e. The van der Waals surface area contributed by atoms with Crippen LogP contribution in [0.25, 0.3) is 0 Å². The summed E-state index contributed by atoms with van der Waals surface area (Å²) in [4.78, 5) is 12.5. The lowest BCUT2D eigenvalue weighted by Gasteiger charge is -2.47. The van der Waals surface area contributed by atoms with Crippen LogP contribution < -0.4 is 0 Å². The fourth-order valence-corrected chi connectivity index (χ4v) is 4.44. The van der Waals surface area contributed by atoms with Gasteiger partial charge in [-0.3, -0.25) is 4.79 Å². The number of hydrogen-bond acceptors (Lipinski definition) is 3. The Balaban J connectivity index is 2.04. The van der Waals surface area contributed by atoms with Crippen LogP contribution in [0.4, 0.5) is 0 Å². The highest BCUT2D eigenvalue weighted by Gasteiger charge is 2.48.